The molecule has 8 bridgehead atoms. The van der Waals surface area contributed by atoms with Crippen molar-refractivity contribution in [3.8, 4) is 0 Å². The number of hydrogen-bond donors (Lipinski definition) is 9. The van der Waals surface area contributed by atoms with Crippen molar-refractivity contribution in [2.45, 2.75) is 76.7 Å². The van der Waals surface area contributed by atoms with Crippen molar-refractivity contribution in [3.05, 3.63) is 91.7 Å². The van der Waals surface area contributed by atoms with Gasteiger partial charge in [0.25, 0.3) is 0 Å². The van der Waals surface area contributed by atoms with Gasteiger partial charge in [0.2, 0.25) is 0 Å². The molecule has 0 saturated heterocycles. The van der Waals surface area contributed by atoms with Crippen LogP contribution in [0.3, 0.4) is 0 Å². The average molecular weight is 845 g/mol. The first-order valence-electron chi connectivity index (χ1n) is 18.3. The lowest BCUT2D eigenvalue weighted by Crippen LogP contribution is -2.26. The molecule has 9 N–H and O–H groups in total. The number of aliphatic imine (C=N–C) groups is 4. The molecule has 1 atom stereocenters. The molecule has 318 valence electrons. The quantitative estimate of drug-likeness (QED) is 0.0850. The Kier molecular flexibility index (Phi) is 13.5. The molecule has 0 spiro atoms. The van der Waals surface area contributed by atoms with Gasteiger partial charge >= 0.3 is 47.8 Å². The highest BCUT2D eigenvalue weighted by molar-refractivity contribution is 6.22. The SMILES string of the molecule is O=C(O)CCC1=C(CC(=O)O)C2=NC1=CC1=NC(=CC3=NC(=CC4=NC(=C2)C(CC(=O)O)=C4CCC(=O)O)C(CCC(=O)O)=C3CC(=O)O)C(CCC(=O)O)=C1C(O)C(=O)O. The number of aliphatic hydroxyl groups excluding tert-OH is 1. The number of hydrogen-bond acceptors (Lipinski definition) is 13. The maximum atomic E-state index is 12.4. The van der Waals surface area contributed by atoms with E-state index in [4.69, 9.17) is 0 Å². The highest BCUT2D eigenvalue weighted by Gasteiger charge is 2.36. The summed E-state index contributed by atoms with van der Waals surface area (Å²) in [5, 5.41) is 89.6. The van der Waals surface area contributed by atoms with E-state index in [2.05, 4.69) is 20.0 Å². The van der Waals surface area contributed by atoms with Crippen LogP contribution in [-0.2, 0) is 38.4 Å². The summed E-state index contributed by atoms with van der Waals surface area (Å²) in [7, 11) is 0. The van der Waals surface area contributed by atoms with E-state index in [1.165, 1.54) is 18.2 Å². The molecular formula is C40H36N4O17. The zero-order valence-corrected chi connectivity index (χ0v) is 31.7. The number of aliphatic carboxylic acids is 8. The Labute approximate surface area is 342 Å². The molecule has 5 aliphatic rings. The van der Waals surface area contributed by atoms with Gasteiger partial charge in [0.1, 0.15) is 0 Å². The molecule has 5 rings (SSSR count). The largest absolute Gasteiger partial charge is 0.481 e. The van der Waals surface area contributed by atoms with Crippen molar-refractivity contribution in [2.75, 3.05) is 0 Å². The molecule has 5 heterocycles. The Morgan fingerprint density at radius 3 is 1.05 bits per heavy atom. The monoisotopic (exact) mass is 844 g/mol. The average Bonchev–Trinajstić information content (AvgIpc) is 3.84. The minimum atomic E-state index is -2.37. The second-order valence-corrected chi connectivity index (χ2v) is 13.9. The van der Waals surface area contributed by atoms with Gasteiger partial charge in [-0.2, -0.15) is 0 Å². The Hall–Kier alpha value is -7.68. The maximum Gasteiger partial charge on any atom is 0.337 e. The van der Waals surface area contributed by atoms with Gasteiger partial charge in [0.15, 0.2) is 6.10 Å². The van der Waals surface area contributed by atoms with E-state index in [-0.39, 0.29) is 104 Å². The van der Waals surface area contributed by atoms with Gasteiger partial charge in [-0.25, -0.2) is 24.8 Å². The second-order valence-electron chi connectivity index (χ2n) is 13.9. The molecule has 61 heavy (non-hydrogen) atoms. The van der Waals surface area contributed by atoms with E-state index in [0.29, 0.717) is 0 Å². The molecule has 0 fully saturated rings. The number of carboxylic acids is 8. The molecule has 0 aromatic rings. The lowest BCUT2D eigenvalue weighted by molar-refractivity contribution is -0.144. The summed E-state index contributed by atoms with van der Waals surface area (Å²) in [6.07, 6.45) is -3.59. The van der Waals surface area contributed by atoms with Gasteiger partial charge in [0, 0.05) is 31.3 Å². The van der Waals surface area contributed by atoms with Crippen LogP contribution < -0.4 is 0 Å². The summed E-state index contributed by atoms with van der Waals surface area (Å²) in [6, 6.07) is 0. The fraction of sp³-hybridized carbons (Fsp3) is 0.300. The molecule has 0 aromatic carbocycles. The van der Waals surface area contributed by atoms with E-state index >= 15 is 0 Å². The van der Waals surface area contributed by atoms with Crippen molar-refractivity contribution in [3.63, 3.8) is 0 Å². The molecule has 0 aliphatic carbocycles. The van der Waals surface area contributed by atoms with Crippen LogP contribution in [0, 0.1) is 0 Å². The first-order valence-corrected chi connectivity index (χ1v) is 18.3. The van der Waals surface area contributed by atoms with Gasteiger partial charge < -0.3 is 46.0 Å². The highest BCUT2D eigenvalue weighted by atomic mass is 16.4. The number of carbonyl (C=O) groups is 8. The van der Waals surface area contributed by atoms with E-state index < -0.39 is 111 Å². The van der Waals surface area contributed by atoms with Crippen LogP contribution in [0.25, 0.3) is 0 Å². The van der Waals surface area contributed by atoms with Crippen LogP contribution >= 0.6 is 0 Å². The van der Waals surface area contributed by atoms with E-state index in [1.807, 2.05) is 0 Å². The zero-order chi connectivity index (χ0) is 44.9. The smallest absolute Gasteiger partial charge is 0.337 e. The van der Waals surface area contributed by atoms with Crippen LogP contribution in [0.2, 0.25) is 0 Å². The number of fused-ring (bicyclic) bond motifs is 4. The third-order valence-electron chi connectivity index (χ3n) is 9.76. The van der Waals surface area contributed by atoms with Gasteiger partial charge in [-0.1, -0.05) is 0 Å². The Morgan fingerprint density at radius 2 is 0.672 bits per heavy atom. The van der Waals surface area contributed by atoms with Gasteiger partial charge in [-0.3, -0.25) is 33.6 Å². The standard InChI is InChI=1S/C40H36N4O17/c45-31(46)5-1-16-20(9-35(53)54)27-13-26-19(4-8-34(51)52)38(39(59)40(60)61)30(44-26)15-25-18(3-7-33(49)50)22(11-37(57)58)29(43-25)14-28-21(10-36(55)56)17(2-6-32(47)48)24(42-28)12-23(16)41-27/h12-15,39,59H,1-11H2,(H,45,46)(H,47,48)(H,49,50)(H,51,52)(H,53,54)(H,55,56)(H,57,58)(H,60,61). The number of allylic oxidation sites excluding steroid dienone is 9. The summed E-state index contributed by atoms with van der Waals surface area (Å²) < 4.78 is 0. The van der Waals surface area contributed by atoms with Crippen molar-refractivity contribution in [1.82, 2.24) is 0 Å². The van der Waals surface area contributed by atoms with Crippen LogP contribution in [0.15, 0.2) is 112 Å². The molecular weight excluding hydrogens is 808 g/mol. The summed E-state index contributed by atoms with van der Waals surface area (Å²) in [6.45, 7) is 0. The van der Waals surface area contributed by atoms with Gasteiger partial charge in [0.05, 0.1) is 64.9 Å². The van der Waals surface area contributed by atoms with E-state index in [9.17, 15) is 84.3 Å². The summed E-state index contributed by atoms with van der Waals surface area (Å²) >= 11 is 0. The van der Waals surface area contributed by atoms with Crippen molar-refractivity contribution < 1.29 is 84.3 Å². The molecule has 21 heteroatoms. The lowest BCUT2D eigenvalue weighted by atomic mass is 9.91. The minimum Gasteiger partial charge on any atom is -0.481 e. The number of rotatable bonds is 20. The second kappa shape index (κ2) is 18.5. The first-order chi connectivity index (χ1) is 28.7. The zero-order valence-electron chi connectivity index (χ0n) is 31.7. The molecule has 0 radical (unpaired) electrons. The lowest BCUT2D eigenvalue weighted by Gasteiger charge is -2.13. The third kappa shape index (κ3) is 10.5. The Morgan fingerprint density at radius 1 is 0.377 bits per heavy atom. The molecule has 0 amide bonds. The highest BCUT2D eigenvalue weighted by Crippen LogP contribution is 2.41. The van der Waals surface area contributed by atoms with Gasteiger partial charge in [-0.05, 0) is 89.0 Å². The molecule has 0 saturated carbocycles. The summed E-state index contributed by atoms with van der Waals surface area (Å²) in [4.78, 5) is 115. The minimum absolute atomic E-state index is 0.0229. The third-order valence-corrected chi connectivity index (χ3v) is 9.76. The van der Waals surface area contributed by atoms with Crippen LogP contribution in [0.1, 0.15) is 70.6 Å². The van der Waals surface area contributed by atoms with Crippen LogP contribution in [0.4, 0.5) is 0 Å². The fourth-order valence-corrected chi connectivity index (χ4v) is 7.24. The number of nitrogens with zero attached hydrogens (tertiary/aromatic N) is 4. The molecule has 0 aromatic heterocycles. The first kappa shape index (κ1) is 44.4. The van der Waals surface area contributed by atoms with Crippen molar-refractivity contribution in [1.29, 1.82) is 0 Å². The number of carboxylic acid groups (broad SMARTS) is 8. The van der Waals surface area contributed by atoms with Crippen molar-refractivity contribution in [2.24, 2.45) is 20.0 Å². The molecule has 1 unspecified atom stereocenters. The maximum absolute atomic E-state index is 12.4. The van der Waals surface area contributed by atoms with E-state index in [0.717, 1.165) is 6.08 Å². The number of aliphatic hydroxyl groups is 1. The Balaban J connectivity index is 1.97. The fourth-order valence-electron chi connectivity index (χ4n) is 7.24. The topological polar surface area (TPSA) is 368 Å². The Bertz CT molecular complexity index is 2480. The normalized spacial score (nSPS) is 17.5. The molecule has 21 nitrogen and oxygen atoms in total. The summed E-state index contributed by atoms with van der Waals surface area (Å²) in [5.74, 6) is -11.2. The van der Waals surface area contributed by atoms with Crippen LogP contribution in [0.5, 0.6) is 0 Å². The van der Waals surface area contributed by atoms with Gasteiger partial charge in [-0.15, -0.1) is 0 Å². The van der Waals surface area contributed by atoms with E-state index in [1.54, 1.807) is 0 Å². The predicted molar refractivity (Wildman–Crippen MR) is 208 cm³/mol. The van der Waals surface area contributed by atoms with Crippen molar-refractivity contribution >= 4 is 70.6 Å². The van der Waals surface area contributed by atoms with Crippen LogP contribution in [-0.4, -0.2) is 123 Å². The molecule has 5 aliphatic heterocycles. The summed E-state index contributed by atoms with van der Waals surface area (Å²) in [5.41, 5.74) is -1.82. The predicted octanol–water partition coefficient (Wildman–Crippen LogP) is 2.87.